The van der Waals surface area contributed by atoms with Gasteiger partial charge in [0, 0.05) is 0 Å². The van der Waals surface area contributed by atoms with Gasteiger partial charge in [0.15, 0.2) is 0 Å². The minimum absolute atomic E-state index is 0.447. The third-order valence-electron chi connectivity index (χ3n) is 5.11. The van der Waals surface area contributed by atoms with Crippen LogP contribution in [0, 0.1) is 11.3 Å². The molecule has 0 saturated carbocycles. The highest BCUT2D eigenvalue weighted by molar-refractivity contribution is 9.11. The fourth-order valence-corrected chi connectivity index (χ4v) is 4.94. The molecule has 3 nitrogen and oxygen atoms in total. The van der Waals surface area contributed by atoms with Crippen molar-refractivity contribution in [3.8, 4) is 17.6 Å². The van der Waals surface area contributed by atoms with Crippen LogP contribution in [0.1, 0.15) is 16.7 Å². The molecule has 4 aromatic rings. The molecule has 0 fully saturated rings. The molecular weight excluding hydrogens is 530 g/mol. The van der Waals surface area contributed by atoms with Crippen LogP contribution in [0.3, 0.4) is 0 Å². The Morgan fingerprint density at radius 2 is 1.62 bits per heavy atom. The minimum atomic E-state index is 0.447. The van der Waals surface area contributed by atoms with Gasteiger partial charge in [-0.15, -0.1) is 0 Å². The summed E-state index contributed by atoms with van der Waals surface area (Å²) in [5.41, 5.74) is 3.40. The van der Waals surface area contributed by atoms with Crippen molar-refractivity contribution in [2.24, 2.45) is 0 Å². The molecule has 0 amide bonds. The summed E-state index contributed by atoms with van der Waals surface area (Å²) >= 11 is 7.25. The van der Waals surface area contributed by atoms with Crippen LogP contribution in [0.5, 0.6) is 11.5 Å². The quantitative estimate of drug-likeness (QED) is 0.181. The second-order valence-corrected chi connectivity index (χ2v) is 8.85. The Morgan fingerprint density at radius 3 is 2.31 bits per heavy atom. The summed E-state index contributed by atoms with van der Waals surface area (Å²) in [6.07, 6.45) is 1.85. The van der Waals surface area contributed by atoms with E-state index < -0.39 is 0 Å². The predicted molar refractivity (Wildman–Crippen MR) is 137 cm³/mol. The molecule has 0 aliphatic rings. The SMILES string of the molecule is COc1ccc(/C(C#N)=C/c2cc(Br)c(OCc3cccc4ccccc34)c(Br)c2)cc1. The molecule has 0 spiro atoms. The Bertz CT molecular complexity index is 1310. The number of hydrogen-bond donors (Lipinski definition) is 0. The fraction of sp³-hybridized carbons (Fsp3) is 0.0741. The zero-order chi connectivity index (χ0) is 22.5. The third-order valence-corrected chi connectivity index (χ3v) is 6.28. The van der Waals surface area contributed by atoms with Crippen LogP contribution in [0.4, 0.5) is 0 Å². The van der Waals surface area contributed by atoms with Crippen LogP contribution in [0.2, 0.25) is 0 Å². The van der Waals surface area contributed by atoms with Gasteiger partial charge in [0.1, 0.15) is 18.1 Å². The Morgan fingerprint density at radius 1 is 0.938 bits per heavy atom. The third kappa shape index (κ3) is 4.88. The maximum atomic E-state index is 9.66. The number of benzene rings is 4. The molecule has 4 aromatic carbocycles. The monoisotopic (exact) mass is 547 g/mol. The molecule has 0 radical (unpaired) electrons. The number of halogens is 2. The number of nitriles is 1. The van der Waals surface area contributed by atoms with E-state index >= 15 is 0 Å². The number of nitrogens with zero attached hydrogens (tertiary/aromatic N) is 1. The molecule has 4 rings (SSSR count). The molecule has 158 valence electrons. The van der Waals surface area contributed by atoms with E-state index in [1.54, 1.807) is 7.11 Å². The molecule has 0 heterocycles. The van der Waals surface area contributed by atoms with Gasteiger partial charge < -0.3 is 9.47 Å². The maximum Gasteiger partial charge on any atom is 0.148 e. The molecule has 0 aromatic heterocycles. The standard InChI is InChI=1S/C27H19Br2NO2/c1-31-23-11-9-19(10-12-23)22(16-30)13-18-14-25(28)27(26(29)15-18)32-17-21-7-4-6-20-5-2-3-8-24(20)21/h2-15H,17H2,1H3/b22-13+. The van der Waals surface area contributed by atoms with Crippen LogP contribution in [-0.2, 0) is 6.61 Å². The van der Waals surface area contributed by atoms with Crippen LogP contribution < -0.4 is 9.47 Å². The zero-order valence-electron chi connectivity index (χ0n) is 17.3. The molecule has 0 unspecified atom stereocenters. The number of rotatable bonds is 6. The van der Waals surface area contributed by atoms with E-state index in [2.05, 4.69) is 62.2 Å². The summed E-state index contributed by atoms with van der Waals surface area (Å²) in [4.78, 5) is 0. The van der Waals surface area contributed by atoms with E-state index in [1.165, 1.54) is 10.8 Å². The Balaban J connectivity index is 1.58. The van der Waals surface area contributed by atoms with Gasteiger partial charge in [0.25, 0.3) is 0 Å². The lowest BCUT2D eigenvalue weighted by Gasteiger charge is -2.13. The lowest BCUT2D eigenvalue weighted by atomic mass is 10.0. The van der Waals surface area contributed by atoms with Crippen molar-refractivity contribution in [1.82, 2.24) is 0 Å². The molecule has 0 atom stereocenters. The van der Waals surface area contributed by atoms with Crippen LogP contribution in [-0.4, -0.2) is 7.11 Å². The number of fused-ring (bicyclic) bond motifs is 1. The molecule has 0 aliphatic carbocycles. The minimum Gasteiger partial charge on any atom is -0.497 e. The van der Waals surface area contributed by atoms with Crippen molar-refractivity contribution in [2.45, 2.75) is 6.61 Å². The highest BCUT2D eigenvalue weighted by atomic mass is 79.9. The Hall–Kier alpha value is -3.07. The first-order chi connectivity index (χ1) is 15.6. The predicted octanol–water partition coefficient (Wildman–Crippen LogP) is 8.02. The van der Waals surface area contributed by atoms with Crippen molar-refractivity contribution in [1.29, 1.82) is 5.26 Å². The Labute approximate surface area is 204 Å². The summed E-state index contributed by atoms with van der Waals surface area (Å²) in [6, 6.07) is 28.1. The first-order valence-electron chi connectivity index (χ1n) is 9.94. The lowest BCUT2D eigenvalue weighted by Crippen LogP contribution is -1.98. The van der Waals surface area contributed by atoms with Gasteiger partial charge in [-0.1, -0.05) is 42.5 Å². The molecule has 0 bridgehead atoms. The van der Waals surface area contributed by atoms with Crippen LogP contribution in [0.25, 0.3) is 22.4 Å². The molecule has 5 heteroatoms. The van der Waals surface area contributed by atoms with Gasteiger partial charge >= 0.3 is 0 Å². The first-order valence-corrected chi connectivity index (χ1v) is 11.5. The molecule has 32 heavy (non-hydrogen) atoms. The van der Waals surface area contributed by atoms with Crippen molar-refractivity contribution >= 4 is 54.3 Å². The zero-order valence-corrected chi connectivity index (χ0v) is 20.5. The summed E-state index contributed by atoms with van der Waals surface area (Å²) in [5.74, 6) is 1.47. The van der Waals surface area contributed by atoms with Crippen LogP contribution >= 0.6 is 31.9 Å². The number of methoxy groups -OCH3 is 1. The Kier molecular flexibility index (Phi) is 6.94. The lowest BCUT2D eigenvalue weighted by molar-refractivity contribution is 0.303. The topological polar surface area (TPSA) is 42.2 Å². The number of ether oxygens (including phenoxy) is 2. The van der Waals surface area contributed by atoms with Gasteiger partial charge in [-0.2, -0.15) is 5.26 Å². The molecule has 0 saturated heterocycles. The average molecular weight is 549 g/mol. The second-order valence-electron chi connectivity index (χ2n) is 7.14. The van der Waals surface area contributed by atoms with Gasteiger partial charge in [-0.25, -0.2) is 0 Å². The second kappa shape index (κ2) is 10.0. The largest absolute Gasteiger partial charge is 0.497 e. The summed E-state index contributed by atoms with van der Waals surface area (Å²) in [7, 11) is 1.62. The van der Waals surface area contributed by atoms with E-state index in [1.807, 2.05) is 60.7 Å². The summed E-state index contributed by atoms with van der Waals surface area (Å²) in [6.45, 7) is 0.447. The van der Waals surface area contributed by atoms with E-state index in [4.69, 9.17) is 9.47 Å². The average Bonchev–Trinajstić information content (AvgIpc) is 2.82. The molecular formula is C27H19Br2NO2. The van der Waals surface area contributed by atoms with Crippen molar-refractivity contribution in [3.63, 3.8) is 0 Å². The normalized spacial score (nSPS) is 11.2. The van der Waals surface area contributed by atoms with E-state index in [-0.39, 0.29) is 0 Å². The van der Waals surface area contributed by atoms with Gasteiger partial charge in [0.05, 0.1) is 27.7 Å². The van der Waals surface area contributed by atoms with Gasteiger partial charge in [0.2, 0.25) is 0 Å². The van der Waals surface area contributed by atoms with Crippen LogP contribution in [0.15, 0.2) is 87.8 Å². The molecule has 0 N–H and O–H groups in total. The smallest absolute Gasteiger partial charge is 0.148 e. The number of hydrogen-bond acceptors (Lipinski definition) is 3. The maximum absolute atomic E-state index is 9.66. The summed E-state index contributed by atoms with van der Waals surface area (Å²) < 4.78 is 13.0. The van der Waals surface area contributed by atoms with E-state index in [9.17, 15) is 5.26 Å². The van der Waals surface area contributed by atoms with Gasteiger partial charge in [-0.05, 0) is 102 Å². The fourth-order valence-electron chi connectivity index (χ4n) is 3.49. The van der Waals surface area contributed by atoms with Crippen molar-refractivity contribution in [3.05, 3.63) is 104 Å². The highest BCUT2D eigenvalue weighted by Crippen LogP contribution is 2.37. The number of allylic oxidation sites excluding steroid dienone is 1. The van der Waals surface area contributed by atoms with Crippen molar-refractivity contribution in [2.75, 3.05) is 7.11 Å². The molecule has 0 aliphatic heterocycles. The summed E-state index contributed by atoms with van der Waals surface area (Å²) in [5, 5.41) is 12.0. The van der Waals surface area contributed by atoms with Gasteiger partial charge in [-0.3, -0.25) is 0 Å². The first kappa shape index (κ1) is 22.1. The highest BCUT2D eigenvalue weighted by Gasteiger charge is 2.11. The van der Waals surface area contributed by atoms with E-state index in [0.717, 1.165) is 37.1 Å². The van der Waals surface area contributed by atoms with E-state index in [0.29, 0.717) is 12.2 Å². The van der Waals surface area contributed by atoms with Crippen molar-refractivity contribution < 1.29 is 9.47 Å².